The Balaban J connectivity index is 2.82. The minimum Gasteiger partial charge on any atom is -0.478 e. The summed E-state index contributed by atoms with van der Waals surface area (Å²) in [5, 5.41) is 38.0. The second kappa shape index (κ2) is 6.55. The van der Waals surface area contributed by atoms with Gasteiger partial charge in [-0.1, -0.05) is 12.1 Å². The third-order valence-electron chi connectivity index (χ3n) is 3.53. The summed E-state index contributed by atoms with van der Waals surface area (Å²) in [5.74, 6) is -2.20. The van der Waals surface area contributed by atoms with Crippen LogP contribution in [-0.2, 0) is 12.8 Å². The van der Waals surface area contributed by atoms with Crippen LogP contribution in [0.25, 0.3) is 10.8 Å². The molecule has 116 valence electrons. The van der Waals surface area contributed by atoms with E-state index in [0.29, 0.717) is 21.9 Å². The van der Waals surface area contributed by atoms with Gasteiger partial charge in [-0.2, -0.15) is 0 Å². The summed E-state index contributed by atoms with van der Waals surface area (Å²) in [7, 11) is 0. The van der Waals surface area contributed by atoms with Crippen LogP contribution in [0.4, 0.5) is 0 Å². The van der Waals surface area contributed by atoms with Gasteiger partial charge >= 0.3 is 11.9 Å². The van der Waals surface area contributed by atoms with Crippen LogP contribution in [0.5, 0.6) is 0 Å². The van der Waals surface area contributed by atoms with Crippen molar-refractivity contribution in [1.29, 1.82) is 0 Å². The van der Waals surface area contributed by atoms with Crippen molar-refractivity contribution in [2.24, 2.45) is 0 Å². The van der Waals surface area contributed by atoms with Gasteiger partial charge in [-0.05, 0) is 46.9 Å². The Bertz CT molecular complexity index is 735. The van der Waals surface area contributed by atoms with Crippen LogP contribution in [0.1, 0.15) is 31.8 Å². The summed E-state index contributed by atoms with van der Waals surface area (Å²) in [4.78, 5) is 22.6. The van der Waals surface area contributed by atoms with Crippen LogP contribution in [0.3, 0.4) is 0 Å². The molecule has 0 unspecified atom stereocenters. The van der Waals surface area contributed by atoms with Gasteiger partial charge < -0.3 is 20.4 Å². The van der Waals surface area contributed by atoms with Gasteiger partial charge in [0.1, 0.15) is 0 Å². The van der Waals surface area contributed by atoms with Gasteiger partial charge in [0, 0.05) is 13.2 Å². The first-order valence-corrected chi connectivity index (χ1v) is 6.76. The standard InChI is InChI=1S/C16H16O6/c17-5-3-9-7-11-8-10(15(19)20)1-2-12(11)13(4-6-18)14(9)16(21)22/h1-2,7-8,17-18H,3-6H2,(H,19,20)(H,21,22). The molecule has 0 atom stereocenters. The van der Waals surface area contributed by atoms with Gasteiger partial charge in [-0.15, -0.1) is 0 Å². The molecule has 6 heteroatoms. The van der Waals surface area contributed by atoms with E-state index in [1.165, 1.54) is 12.1 Å². The van der Waals surface area contributed by atoms with E-state index in [-0.39, 0.29) is 37.2 Å². The molecular formula is C16H16O6. The molecule has 0 aliphatic carbocycles. The SMILES string of the molecule is O=C(O)c1ccc2c(CCO)c(C(=O)O)c(CCO)cc2c1. The van der Waals surface area contributed by atoms with E-state index >= 15 is 0 Å². The summed E-state index contributed by atoms with van der Waals surface area (Å²) >= 11 is 0. The number of aliphatic hydroxyl groups excluding tert-OH is 2. The van der Waals surface area contributed by atoms with Gasteiger partial charge in [0.15, 0.2) is 0 Å². The second-order valence-corrected chi connectivity index (χ2v) is 4.88. The van der Waals surface area contributed by atoms with Crippen molar-refractivity contribution in [3.8, 4) is 0 Å². The normalized spacial score (nSPS) is 10.8. The minimum atomic E-state index is -1.13. The average Bonchev–Trinajstić information content (AvgIpc) is 2.46. The Morgan fingerprint density at radius 3 is 2.14 bits per heavy atom. The predicted octanol–water partition coefficient (Wildman–Crippen LogP) is 1.31. The maximum atomic E-state index is 11.6. The largest absolute Gasteiger partial charge is 0.478 e. The van der Waals surface area contributed by atoms with E-state index in [4.69, 9.17) is 10.2 Å². The van der Waals surface area contributed by atoms with E-state index in [0.717, 1.165) is 0 Å². The van der Waals surface area contributed by atoms with Crippen molar-refractivity contribution in [2.45, 2.75) is 12.8 Å². The molecule has 0 bridgehead atoms. The topological polar surface area (TPSA) is 115 Å². The Labute approximate surface area is 126 Å². The zero-order chi connectivity index (χ0) is 16.3. The average molecular weight is 304 g/mol. The van der Waals surface area contributed by atoms with Crippen molar-refractivity contribution in [3.63, 3.8) is 0 Å². The van der Waals surface area contributed by atoms with Gasteiger partial charge in [0.25, 0.3) is 0 Å². The van der Waals surface area contributed by atoms with Crippen molar-refractivity contribution >= 4 is 22.7 Å². The molecule has 0 saturated heterocycles. The van der Waals surface area contributed by atoms with Crippen molar-refractivity contribution in [1.82, 2.24) is 0 Å². The maximum Gasteiger partial charge on any atom is 0.336 e. The van der Waals surface area contributed by atoms with Crippen LogP contribution in [-0.4, -0.2) is 45.6 Å². The number of aliphatic hydroxyl groups is 2. The van der Waals surface area contributed by atoms with Crippen LogP contribution >= 0.6 is 0 Å². The zero-order valence-corrected chi connectivity index (χ0v) is 11.7. The molecule has 0 aromatic heterocycles. The lowest BCUT2D eigenvalue weighted by molar-refractivity contribution is 0.0684. The molecule has 2 aromatic rings. The van der Waals surface area contributed by atoms with E-state index in [2.05, 4.69) is 0 Å². The second-order valence-electron chi connectivity index (χ2n) is 4.88. The first-order chi connectivity index (χ1) is 10.5. The lowest BCUT2D eigenvalue weighted by Crippen LogP contribution is -2.11. The fourth-order valence-electron chi connectivity index (χ4n) is 2.63. The predicted molar refractivity (Wildman–Crippen MR) is 79.4 cm³/mol. The van der Waals surface area contributed by atoms with Gasteiger partial charge in [0.2, 0.25) is 0 Å². The fourth-order valence-corrected chi connectivity index (χ4v) is 2.63. The molecule has 6 nitrogen and oxygen atoms in total. The molecule has 4 N–H and O–H groups in total. The molecule has 0 amide bonds. The third kappa shape index (κ3) is 2.93. The van der Waals surface area contributed by atoms with Crippen molar-refractivity contribution in [3.05, 3.63) is 46.5 Å². The molecular weight excluding hydrogens is 288 g/mol. The van der Waals surface area contributed by atoms with Gasteiger partial charge in [-0.3, -0.25) is 0 Å². The van der Waals surface area contributed by atoms with Crippen LogP contribution in [0.15, 0.2) is 24.3 Å². The van der Waals surface area contributed by atoms with Gasteiger partial charge in [0.05, 0.1) is 11.1 Å². The Morgan fingerprint density at radius 1 is 0.909 bits per heavy atom. The third-order valence-corrected chi connectivity index (χ3v) is 3.53. The van der Waals surface area contributed by atoms with E-state index in [1.54, 1.807) is 12.1 Å². The number of hydrogen-bond acceptors (Lipinski definition) is 4. The number of aromatic carboxylic acids is 2. The molecule has 0 saturated carbocycles. The number of benzene rings is 2. The molecule has 0 heterocycles. The highest BCUT2D eigenvalue weighted by Crippen LogP contribution is 2.28. The highest BCUT2D eigenvalue weighted by molar-refractivity contribution is 6.02. The van der Waals surface area contributed by atoms with Crippen molar-refractivity contribution < 1.29 is 30.0 Å². The summed E-state index contributed by atoms with van der Waals surface area (Å²) in [6.45, 7) is -0.443. The zero-order valence-electron chi connectivity index (χ0n) is 11.7. The number of hydrogen-bond donors (Lipinski definition) is 4. The molecule has 0 spiro atoms. The number of rotatable bonds is 6. The number of carboxylic acid groups (broad SMARTS) is 2. The minimum absolute atomic E-state index is 0.0682. The van der Waals surface area contributed by atoms with Crippen LogP contribution in [0.2, 0.25) is 0 Å². The Hall–Kier alpha value is -2.44. The monoisotopic (exact) mass is 304 g/mol. The molecule has 0 aliphatic rings. The molecule has 0 fully saturated rings. The summed E-state index contributed by atoms with van der Waals surface area (Å²) in [6.07, 6.45) is 0.289. The summed E-state index contributed by atoms with van der Waals surface area (Å²) in [6, 6.07) is 6.01. The highest BCUT2D eigenvalue weighted by atomic mass is 16.4. The van der Waals surface area contributed by atoms with E-state index < -0.39 is 11.9 Å². The molecule has 2 rings (SSSR count). The van der Waals surface area contributed by atoms with Crippen LogP contribution < -0.4 is 0 Å². The molecule has 22 heavy (non-hydrogen) atoms. The number of fused-ring (bicyclic) bond motifs is 1. The maximum absolute atomic E-state index is 11.6. The molecule has 0 radical (unpaired) electrons. The quantitative estimate of drug-likeness (QED) is 0.639. The molecule has 0 aliphatic heterocycles. The number of carbonyl (C=O) groups is 2. The molecule has 2 aromatic carbocycles. The van der Waals surface area contributed by atoms with Gasteiger partial charge in [-0.25, -0.2) is 9.59 Å². The first kappa shape index (κ1) is 15.9. The summed E-state index contributed by atoms with van der Waals surface area (Å²) in [5.41, 5.74) is 1.04. The van der Waals surface area contributed by atoms with E-state index in [1.807, 2.05) is 0 Å². The lowest BCUT2D eigenvalue weighted by Gasteiger charge is -2.15. The Kier molecular flexibility index (Phi) is 4.75. The summed E-state index contributed by atoms with van der Waals surface area (Å²) < 4.78 is 0. The van der Waals surface area contributed by atoms with E-state index in [9.17, 15) is 19.8 Å². The van der Waals surface area contributed by atoms with Crippen molar-refractivity contribution in [2.75, 3.05) is 13.2 Å². The lowest BCUT2D eigenvalue weighted by atomic mass is 9.90. The number of carboxylic acids is 2. The first-order valence-electron chi connectivity index (χ1n) is 6.76. The smallest absolute Gasteiger partial charge is 0.336 e. The Morgan fingerprint density at radius 2 is 1.59 bits per heavy atom. The highest BCUT2D eigenvalue weighted by Gasteiger charge is 2.19. The fraction of sp³-hybridized carbons (Fsp3) is 0.250. The van der Waals surface area contributed by atoms with Crippen LogP contribution in [0, 0.1) is 0 Å².